The standard InChI is InChI=1S/C23H23NO2.C2H6/c1-5-9-19-21(8-4)23(17-10-12-18(26)13-11-17)20(7-3)16(6-2)14-22(19)24(23)15-25;1-2/h5-13,15,22,26H,2-4,14H2,1H3;1-2H3/b9-5-;. The van der Waals surface area contributed by atoms with Gasteiger partial charge < -0.3 is 10.0 Å². The number of allylic oxidation sites excluding steroid dienone is 2. The van der Waals surface area contributed by atoms with E-state index in [0.717, 1.165) is 34.3 Å². The van der Waals surface area contributed by atoms with E-state index in [2.05, 4.69) is 19.7 Å². The van der Waals surface area contributed by atoms with E-state index >= 15 is 0 Å². The van der Waals surface area contributed by atoms with Crippen molar-refractivity contribution >= 4 is 6.41 Å². The summed E-state index contributed by atoms with van der Waals surface area (Å²) >= 11 is 0. The Labute approximate surface area is 168 Å². The van der Waals surface area contributed by atoms with Gasteiger partial charge in [0.15, 0.2) is 0 Å². The molecule has 3 nitrogen and oxygen atoms in total. The van der Waals surface area contributed by atoms with E-state index in [1.807, 2.05) is 62.1 Å². The summed E-state index contributed by atoms with van der Waals surface area (Å²) < 4.78 is 0. The fourth-order valence-electron chi connectivity index (χ4n) is 4.39. The number of fused-ring (bicyclic) bond motifs is 2. The molecule has 3 heteroatoms. The van der Waals surface area contributed by atoms with Crippen LogP contribution in [-0.4, -0.2) is 22.5 Å². The van der Waals surface area contributed by atoms with Crippen LogP contribution < -0.4 is 0 Å². The zero-order valence-electron chi connectivity index (χ0n) is 17.0. The summed E-state index contributed by atoms with van der Waals surface area (Å²) in [5.41, 5.74) is 4.09. The fourth-order valence-corrected chi connectivity index (χ4v) is 4.39. The largest absolute Gasteiger partial charge is 0.508 e. The smallest absolute Gasteiger partial charge is 0.211 e. The minimum atomic E-state index is -0.819. The van der Waals surface area contributed by atoms with Crippen molar-refractivity contribution < 1.29 is 9.90 Å². The van der Waals surface area contributed by atoms with Gasteiger partial charge in [-0.2, -0.15) is 0 Å². The Hall–Kier alpha value is -3.07. The molecule has 1 aromatic carbocycles. The quantitative estimate of drug-likeness (QED) is 0.659. The van der Waals surface area contributed by atoms with E-state index in [9.17, 15) is 9.90 Å². The molecule has 0 fully saturated rings. The lowest BCUT2D eigenvalue weighted by molar-refractivity contribution is -0.123. The topological polar surface area (TPSA) is 40.5 Å². The van der Waals surface area contributed by atoms with Gasteiger partial charge >= 0.3 is 0 Å². The molecule has 0 radical (unpaired) electrons. The lowest BCUT2D eigenvalue weighted by Crippen LogP contribution is -2.50. The third-order valence-electron chi connectivity index (χ3n) is 5.33. The minimum Gasteiger partial charge on any atom is -0.508 e. The molecular formula is C25H29NO2. The molecule has 2 atom stereocenters. The first-order valence-electron chi connectivity index (χ1n) is 9.61. The summed E-state index contributed by atoms with van der Waals surface area (Å²) in [6.07, 6.45) is 11.1. The molecule has 1 N–H and O–H groups in total. The van der Waals surface area contributed by atoms with Gasteiger partial charge in [-0.05, 0) is 53.3 Å². The average Bonchev–Trinajstić information content (AvgIpc) is 2.92. The Morgan fingerprint density at radius 2 is 1.68 bits per heavy atom. The Kier molecular flexibility index (Phi) is 6.63. The Morgan fingerprint density at radius 1 is 1.07 bits per heavy atom. The molecule has 2 heterocycles. The lowest BCUT2D eigenvalue weighted by atomic mass is 9.73. The van der Waals surface area contributed by atoms with Gasteiger partial charge in [0.1, 0.15) is 11.3 Å². The van der Waals surface area contributed by atoms with E-state index < -0.39 is 5.54 Å². The van der Waals surface area contributed by atoms with Crippen LogP contribution in [-0.2, 0) is 10.3 Å². The van der Waals surface area contributed by atoms with Gasteiger partial charge in [0.05, 0.1) is 6.04 Å². The second-order valence-corrected chi connectivity index (χ2v) is 6.41. The third kappa shape index (κ3) is 2.88. The van der Waals surface area contributed by atoms with Crippen LogP contribution in [0, 0.1) is 0 Å². The molecular weight excluding hydrogens is 346 g/mol. The number of nitrogens with zero attached hydrogens (tertiary/aromatic N) is 1. The Balaban J connectivity index is 0.00000136. The van der Waals surface area contributed by atoms with Gasteiger partial charge in [-0.25, -0.2) is 0 Å². The predicted octanol–water partition coefficient (Wildman–Crippen LogP) is 5.59. The van der Waals surface area contributed by atoms with Crippen molar-refractivity contribution in [2.45, 2.75) is 38.8 Å². The van der Waals surface area contributed by atoms with Crippen LogP contribution in [0.3, 0.4) is 0 Å². The van der Waals surface area contributed by atoms with Crippen LogP contribution in [0.5, 0.6) is 5.75 Å². The zero-order valence-corrected chi connectivity index (χ0v) is 17.0. The first-order valence-corrected chi connectivity index (χ1v) is 9.61. The van der Waals surface area contributed by atoms with Crippen LogP contribution >= 0.6 is 0 Å². The molecule has 146 valence electrons. The first kappa shape index (κ1) is 21.2. The van der Waals surface area contributed by atoms with E-state index in [-0.39, 0.29) is 11.8 Å². The van der Waals surface area contributed by atoms with E-state index in [1.165, 1.54) is 0 Å². The zero-order chi connectivity index (χ0) is 20.9. The molecule has 0 aliphatic carbocycles. The summed E-state index contributed by atoms with van der Waals surface area (Å²) in [5.74, 6) is 0.180. The normalized spacial score (nSPS) is 23.4. The number of aromatic hydroxyl groups is 1. The molecule has 28 heavy (non-hydrogen) atoms. The third-order valence-corrected chi connectivity index (χ3v) is 5.33. The predicted molar refractivity (Wildman–Crippen MR) is 117 cm³/mol. The second-order valence-electron chi connectivity index (χ2n) is 6.41. The van der Waals surface area contributed by atoms with Crippen LogP contribution in [0.25, 0.3) is 0 Å². The molecule has 2 bridgehead atoms. The lowest BCUT2D eigenvalue weighted by Gasteiger charge is -2.46. The van der Waals surface area contributed by atoms with Crippen LogP contribution in [0.1, 0.15) is 32.8 Å². The van der Waals surface area contributed by atoms with Gasteiger partial charge in [0.25, 0.3) is 0 Å². The van der Waals surface area contributed by atoms with Crippen molar-refractivity contribution in [3.63, 3.8) is 0 Å². The summed E-state index contributed by atoms with van der Waals surface area (Å²) in [6.45, 7) is 18.0. The SMILES string of the molecule is C=CC1=C(C=C)C2(c3ccc(O)cc3)C(C=C)=C(/C=C\C)C(C1)N2C=O.CC. The summed E-state index contributed by atoms with van der Waals surface area (Å²) in [4.78, 5) is 14.1. The van der Waals surface area contributed by atoms with Gasteiger partial charge in [-0.1, -0.05) is 76.1 Å². The van der Waals surface area contributed by atoms with Gasteiger partial charge in [0.2, 0.25) is 6.41 Å². The van der Waals surface area contributed by atoms with Crippen LogP contribution in [0.4, 0.5) is 0 Å². The highest BCUT2D eigenvalue weighted by molar-refractivity contribution is 5.72. The van der Waals surface area contributed by atoms with Crippen LogP contribution in [0.2, 0.25) is 0 Å². The summed E-state index contributed by atoms with van der Waals surface area (Å²) in [5, 5.41) is 9.75. The van der Waals surface area contributed by atoms with E-state index in [0.29, 0.717) is 6.42 Å². The number of carbonyl (C=O) groups excluding carboxylic acids is 1. The highest BCUT2D eigenvalue weighted by Crippen LogP contribution is 2.56. The number of hydrogen-bond donors (Lipinski definition) is 1. The average molecular weight is 376 g/mol. The molecule has 2 aliphatic heterocycles. The number of carbonyl (C=O) groups is 1. The molecule has 0 saturated carbocycles. The number of amides is 1. The molecule has 3 rings (SSSR count). The van der Waals surface area contributed by atoms with E-state index in [4.69, 9.17) is 0 Å². The maximum Gasteiger partial charge on any atom is 0.211 e. The maximum absolute atomic E-state index is 12.2. The van der Waals surface area contributed by atoms with E-state index in [1.54, 1.807) is 18.2 Å². The Morgan fingerprint density at radius 3 is 2.14 bits per heavy atom. The Bertz CT molecular complexity index is 870. The van der Waals surface area contributed by atoms with Gasteiger partial charge in [-0.15, -0.1) is 0 Å². The molecule has 2 aliphatic rings. The number of rotatable bonds is 6. The van der Waals surface area contributed by atoms with Crippen molar-refractivity contribution in [1.82, 2.24) is 4.90 Å². The highest BCUT2D eigenvalue weighted by Gasteiger charge is 2.55. The monoisotopic (exact) mass is 375 g/mol. The minimum absolute atomic E-state index is 0.0952. The molecule has 0 aromatic heterocycles. The molecule has 0 saturated heterocycles. The number of benzene rings is 1. The van der Waals surface area contributed by atoms with Crippen molar-refractivity contribution in [2.24, 2.45) is 0 Å². The van der Waals surface area contributed by atoms with Crippen LogP contribution in [0.15, 0.2) is 96.7 Å². The molecule has 0 spiro atoms. The van der Waals surface area contributed by atoms with Crippen molar-refractivity contribution in [3.8, 4) is 5.75 Å². The van der Waals surface area contributed by atoms with Gasteiger partial charge in [-0.3, -0.25) is 4.79 Å². The second kappa shape index (κ2) is 8.75. The van der Waals surface area contributed by atoms with Crippen molar-refractivity contribution in [3.05, 3.63) is 102 Å². The molecule has 1 aromatic rings. The fraction of sp³-hybridized carbons (Fsp3) is 0.240. The van der Waals surface area contributed by atoms with Gasteiger partial charge in [0, 0.05) is 0 Å². The summed E-state index contributed by atoms with van der Waals surface area (Å²) in [6, 6.07) is 6.88. The molecule has 1 amide bonds. The molecule has 2 unspecified atom stereocenters. The number of phenols is 1. The number of phenolic OH excluding ortho intramolecular Hbond substituents is 1. The maximum atomic E-state index is 12.2. The highest BCUT2D eigenvalue weighted by atomic mass is 16.3. The summed E-state index contributed by atoms with van der Waals surface area (Å²) in [7, 11) is 0. The number of hydrogen-bond acceptors (Lipinski definition) is 2. The van der Waals surface area contributed by atoms with Crippen molar-refractivity contribution in [2.75, 3.05) is 0 Å². The van der Waals surface area contributed by atoms with Crippen molar-refractivity contribution in [1.29, 1.82) is 0 Å². The first-order chi connectivity index (χ1) is 13.6.